The molecule has 0 spiro atoms. The largest absolute Gasteiger partial charge is 0.349 e. The minimum Gasteiger partial charge on any atom is -0.349 e. The van der Waals surface area contributed by atoms with Crippen molar-refractivity contribution in [3.8, 4) is 0 Å². The first-order chi connectivity index (χ1) is 8.18. The van der Waals surface area contributed by atoms with Gasteiger partial charge in [-0.25, -0.2) is 0 Å². The van der Waals surface area contributed by atoms with E-state index in [0.717, 1.165) is 42.6 Å². The van der Waals surface area contributed by atoms with Gasteiger partial charge in [0, 0.05) is 11.6 Å². The molecule has 3 nitrogen and oxygen atoms in total. The number of rotatable bonds is 2. The maximum Gasteiger partial charge on any atom is 0.252 e. The number of halogens is 1. The molecule has 2 N–H and O–H groups in total. The number of nitrogens with one attached hydrogen (secondary N) is 2. The van der Waals surface area contributed by atoms with E-state index in [9.17, 15) is 4.79 Å². The fourth-order valence-electron chi connectivity index (χ4n) is 2.40. The Morgan fingerprint density at radius 1 is 1.22 bits per heavy atom. The van der Waals surface area contributed by atoms with E-state index in [1.807, 2.05) is 32.0 Å². The van der Waals surface area contributed by atoms with Gasteiger partial charge < -0.3 is 10.6 Å². The quantitative estimate of drug-likeness (QED) is 0.864. The molecule has 1 aromatic carbocycles. The molecule has 0 unspecified atom stereocenters. The van der Waals surface area contributed by atoms with Crippen LogP contribution in [0.15, 0.2) is 18.2 Å². The van der Waals surface area contributed by atoms with E-state index in [4.69, 9.17) is 0 Å². The Kier molecular flexibility index (Phi) is 5.63. The van der Waals surface area contributed by atoms with Crippen LogP contribution in [0, 0.1) is 13.8 Å². The first-order valence-electron chi connectivity index (χ1n) is 6.26. The second-order valence-corrected chi connectivity index (χ2v) is 4.76. The lowest BCUT2D eigenvalue weighted by Crippen LogP contribution is -2.43. The smallest absolute Gasteiger partial charge is 0.252 e. The van der Waals surface area contributed by atoms with Crippen molar-refractivity contribution >= 4 is 18.3 Å². The Labute approximate surface area is 115 Å². The molecular formula is C14H21ClN2O. The Morgan fingerprint density at radius 3 is 2.33 bits per heavy atom. The van der Waals surface area contributed by atoms with E-state index >= 15 is 0 Å². The van der Waals surface area contributed by atoms with Crippen molar-refractivity contribution in [2.75, 3.05) is 13.1 Å². The van der Waals surface area contributed by atoms with Crippen LogP contribution in [0.1, 0.15) is 34.3 Å². The molecule has 1 saturated heterocycles. The molecule has 100 valence electrons. The summed E-state index contributed by atoms with van der Waals surface area (Å²) in [4.78, 5) is 12.2. The fourth-order valence-corrected chi connectivity index (χ4v) is 2.40. The van der Waals surface area contributed by atoms with Crippen LogP contribution in [0.25, 0.3) is 0 Å². The molecule has 1 fully saturated rings. The maximum absolute atomic E-state index is 12.2. The lowest BCUT2D eigenvalue weighted by atomic mass is 10.0. The van der Waals surface area contributed by atoms with Gasteiger partial charge in [0.25, 0.3) is 5.91 Å². The molecule has 18 heavy (non-hydrogen) atoms. The van der Waals surface area contributed by atoms with Gasteiger partial charge in [-0.1, -0.05) is 18.2 Å². The highest BCUT2D eigenvalue weighted by atomic mass is 35.5. The second-order valence-electron chi connectivity index (χ2n) is 4.76. The highest BCUT2D eigenvalue weighted by Gasteiger charge is 2.18. The standard InChI is InChI=1S/C14H20N2O.ClH/c1-10-4-3-5-11(2)13(10)14(17)16-12-6-8-15-9-7-12;/h3-5,12,15H,6-9H2,1-2H3,(H,16,17);1H. The first kappa shape index (κ1) is 15.0. The van der Waals surface area contributed by atoms with Crippen molar-refractivity contribution in [1.82, 2.24) is 10.6 Å². The van der Waals surface area contributed by atoms with Crippen LogP contribution < -0.4 is 10.6 Å². The average Bonchev–Trinajstić information content (AvgIpc) is 2.30. The summed E-state index contributed by atoms with van der Waals surface area (Å²) in [5, 5.41) is 6.44. The molecule has 0 bridgehead atoms. The molecule has 1 heterocycles. The number of benzene rings is 1. The SMILES string of the molecule is Cc1cccc(C)c1C(=O)NC1CCNCC1.Cl. The van der Waals surface area contributed by atoms with Crippen molar-refractivity contribution < 1.29 is 4.79 Å². The minimum atomic E-state index is 0. The second kappa shape index (κ2) is 6.76. The predicted molar refractivity (Wildman–Crippen MR) is 76.5 cm³/mol. The van der Waals surface area contributed by atoms with E-state index < -0.39 is 0 Å². The molecule has 1 amide bonds. The summed E-state index contributed by atoms with van der Waals surface area (Å²) in [6, 6.07) is 6.29. The fraction of sp³-hybridized carbons (Fsp3) is 0.500. The minimum absolute atomic E-state index is 0. The van der Waals surface area contributed by atoms with Crippen molar-refractivity contribution in [2.24, 2.45) is 0 Å². The lowest BCUT2D eigenvalue weighted by Gasteiger charge is -2.24. The molecule has 4 heteroatoms. The third-order valence-corrected chi connectivity index (χ3v) is 3.38. The number of amides is 1. The normalized spacial score (nSPS) is 15.9. The summed E-state index contributed by atoms with van der Waals surface area (Å²) in [6.45, 7) is 5.98. The van der Waals surface area contributed by atoms with Gasteiger partial charge in [-0.2, -0.15) is 0 Å². The highest BCUT2D eigenvalue weighted by Crippen LogP contribution is 2.14. The Hall–Kier alpha value is -1.06. The number of hydrogen-bond acceptors (Lipinski definition) is 2. The van der Waals surface area contributed by atoms with Crippen molar-refractivity contribution in [3.63, 3.8) is 0 Å². The van der Waals surface area contributed by atoms with Crippen molar-refractivity contribution in [2.45, 2.75) is 32.7 Å². The van der Waals surface area contributed by atoms with Crippen LogP contribution in [-0.2, 0) is 0 Å². The molecule has 0 aliphatic carbocycles. The zero-order valence-corrected chi connectivity index (χ0v) is 11.8. The van der Waals surface area contributed by atoms with Crippen molar-refractivity contribution in [3.05, 3.63) is 34.9 Å². The van der Waals surface area contributed by atoms with Gasteiger partial charge in [-0.05, 0) is 50.9 Å². The van der Waals surface area contributed by atoms with Crippen LogP contribution in [0.4, 0.5) is 0 Å². The van der Waals surface area contributed by atoms with E-state index in [2.05, 4.69) is 10.6 Å². The van der Waals surface area contributed by atoms with Gasteiger partial charge in [0.1, 0.15) is 0 Å². The molecule has 0 radical (unpaired) electrons. The number of carbonyl (C=O) groups is 1. The summed E-state index contributed by atoms with van der Waals surface area (Å²) >= 11 is 0. The van der Waals surface area contributed by atoms with Gasteiger partial charge in [0.2, 0.25) is 0 Å². The molecule has 0 aromatic heterocycles. The van der Waals surface area contributed by atoms with Crippen molar-refractivity contribution in [1.29, 1.82) is 0 Å². The van der Waals surface area contributed by atoms with E-state index in [-0.39, 0.29) is 18.3 Å². The van der Waals surface area contributed by atoms with Gasteiger partial charge in [-0.15, -0.1) is 12.4 Å². The zero-order chi connectivity index (χ0) is 12.3. The Morgan fingerprint density at radius 2 is 1.78 bits per heavy atom. The van der Waals surface area contributed by atoms with E-state index in [1.165, 1.54) is 0 Å². The van der Waals surface area contributed by atoms with Crippen LogP contribution in [0.2, 0.25) is 0 Å². The summed E-state index contributed by atoms with van der Waals surface area (Å²) in [6.07, 6.45) is 2.05. The number of aryl methyl sites for hydroxylation is 2. The maximum atomic E-state index is 12.2. The highest BCUT2D eigenvalue weighted by molar-refractivity contribution is 5.97. The summed E-state index contributed by atoms with van der Waals surface area (Å²) < 4.78 is 0. The van der Waals surface area contributed by atoms with Crippen LogP contribution in [0.3, 0.4) is 0 Å². The zero-order valence-electron chi connectivity index (χ0n) is 11.0. The predicted octanol–water partition coefficient (Wildman–Crippen LogP) is 2.21. The molecule has 1 aromatic rings. The molecular weight excluding hydrogens is 248 g/mol. The molecule has 1 aliphatic heterocycles. The average molecular weight is 269 g/mol. The van der Waals surface area contributed by atoms with Crippen LogP contribution in [-0.4, -0.2) is 25.0 Å². The van der Waals surface area contributed by atoms with Crippen LogP contribution >= 0.6 is 12.4 Å². The number of carbonyl (C=O) groups excluding carboxylic acids is 1. The van der Waals surface area contributed by atoms with Gasteiger partial charge >= 0.3 is 0 Å². The van der Waals surface area contributed by atoms with Gasteiger partial charge in [0.05, 0.1) is 0 Å². The van der Waals surface area contributed by atoms with E-state index in [1.54, 1.807) is 0 Å². The number of hydrogen-bond donors (Lipinski definition) is 2. The molecule has 1 aliphatic rings. The number of piperidine rings is 1. The van der Waals surface area contributed by atoms with Crippen LogP contribution in [0.5, 0.6) is 0 Å². The molecule has 0 saturated carbocycles. The third-order valence-electron chi connectivity index (χ3n) is 3.38. The summed E-state index contributed by atoms with van der Waals surface area (Å²) in [7, 11) is 0. The van der Waals surface area contributed by atoms with Gasteiger partial charge in [0.15, 0.2) is 0 Å². The van der Waals surface area contributed by atoms with E-state index in [0.29, 0.717) is 6.04 Å². The Balaban J connectivity index is 0.00000162. The monoisotopic (exact) mass is 268 g/mol. The molecule has 2 rings (SSSR count). The van der Waals surface area contributed by atoms with Gasteiger partial charge in [-0.3, -0.25) is 4.79 Å². The summed E-state index contributed by atoms with van der Waals surface area (Å²) in [5.74, 6) is 0.0764. The first-order valence-corrected chi connectivity index (χ1v) is 6.26. The summed E-state index contributed by atoms with van der Waals surface area (Å²) in [5.41, 5.74) is 2.94. The molecule has 0 atom stereocenters. The topological polar surface area (TPSA) is 41.1 Å². The Bertz CT molecular complexity index is 394. The lowest BCUT2D eigenvalue weighted by molar-refractivity contribution is 0.0928. The third kappa shape index (κ3) is 3.47.